The number of aliphatic hydroxyl groups is 2. The van der Waals surface area contributed by atoms with Crippen LogP contribution in [-0.4, -0.2) is 51.5 Å². The SMILES string of the molecule is O=C(N[C@H]1CCC[C@@H]1O)C(CO)c1ccc(Nc2ncc(-c3ccc(OC(F)F)cc3)cn2)cc1. The van der Waals surface area contributed by atoms with E-state index in [0.717, 1.165) is 18.4 Å². The molecule has 4 N–H and O–H groups in total. The number of carbonyl (C=O) groups excluding carboxylic acids is 1. The van der Waals surface area contributed by atoms with Gasteiger partial charge in [0, 0.05) is 23.6 Å². The number of benzene rings is 2. The highest BCUT2D eigenvalue weighted by Crippen LogP contribution is 2.25. The van der Waals surface area contributed by atoms with Crippen molar-refractivity contribution >= 4 is 17.5 Å². The first kappa shape index (κ1) is 24.5. The summed E-state index contributed by atoms with van der Waals surface area (Å²) in [7, 11) is 0. The summed E-state index contributed by atoms with van der Waals surface area (Å²) in [6.07, 6.45) is 4.93. The summed E-state index contributed by atoms with van der Waals surface area (Å²) in [4.78, 5) is 21.2. The van der Waals surface area contributed by atoms with Crippen LogP contribution in [0.15, 0.2) is 60.9 Å². The topological polar surface area (TPSA) is 117 Å². The van der Waals surface area contributed by atoms with E-state index < -0.39 is 18.6 Å². The predicted octanol–water partition coefficient (Wildman–Crippen LogP) is 3.59. The first-order valence-corrected chi connectivity index (χ1v) is 11.3. The van der Waals surface area contributed by atoms with Gasteiger partial charge in [0.2, 0.25) is 11.9 Å². The Morgan fingerprint density at radius 2 is 1.71 bits per heavy atom. The summed E-state index contributed by atoms with van der Waals surface area (Å²) < 4.78 is 28.9. The standard InChI is InChI=1S/C25H26F2N4O4/c26-24(27)35-19-10-6-15(7-11-19)17-12-28-25(29-13-17)30-18-8-4-16(5-9-18)20(14-32)23(34)31-21-2-1-3-22(21)33/h4-13,20-22,24,32-33H,1-3,14H2,(H,31,34)(H,28,29,30)/t20?,21-,22-/m0/s1. The number of rotatable bonds is 9. The maximum absolute atomic E-state index is 12.6. The van der Waals surface area contributed by atoms with E-state index in [9.17, 15) is 23.8 Å². The van der Waals surface area contributed by atoms with Gasteiger partial charge in [-0.15, -0.1) is 0 Å². The normalized spacial score (nSPS) is 18.3. The van der Waals surface area contributed by atoms with Crippen molar-refractivity contribution < 1.29 is 28.5 Å². The molecule has 1 aliphatic rings. The van der Waals surface area contributed by atoms with Crippen LogP contribution < -0.4 is 15.4 Å². The Bertz CT molecular complexity index is 1110. The largest absolute Gasteiger partial charge is 0.435 e. The zero-order valence-corrected chi connectivity index (χ0v) is 18.8. The quantitative estimate of drug-likeness (QED) is 0.367. The number of nitrogens with zero attached hydrogens (tertiary/aromatic N) is 2. The van der Waals surface area contributed by atoms with E-state index in [1.807, 2.05) is 0 Å². The van der Waals surface area contributed by atoms with Gasteiger partial charge < -0.3 is 25.6 Å². The highest BCUT2D eigenvalue weighted by Gasteiger charge is 2.29. The molecular formula is C25H26F2N4O4. The third kappa shape index (κ3) is 6.28. The van der Waals surface area contributed by atoms with Crippen LogP contribution in [-0.2, 0) is 4.79 Å². The number of nitrogens with one attached hydrogen (secondary N) is 2. The molecule has 0 bridgehead atoms. The minimum absolute atomic E-state index is 0.0726. The number of alkyl halides is 2. The van der Waals surface area contributed by atoms with Crippen LogP contribution in [0.2, 0.25) is 0 Å². The van der Waals surface area contributed by atoms with Gasteiger partial charge in [0.1, 0.15) is 5.75 Å². The molecule has 1 fully saturated rings. The Morgan fingerprint density at radius 3 is 2.29 bits per heavy atom. The van der Waals surface area contributed by atoms with Crippen LogP contribution in [0, 0.1) is 0 Å². The number of hydrogen-bond acceptors (Lipinski definition) is 7. The van der Waals surface area contributed by atoms with E-state index in [-0.39, 0.29) is 24.3 Å². The second kappa shape index (κ2) is 11.2. The molecule has 1 heterocycles. The van der Waals surface area contributed by atoms with Crippen LogP contribution in [0.5, 0.6) is 5.75 Å². The van der Waals surface area contributed by atoms with Crippen molar-refractivity contribution in [3.63, 3.8) is 0 Å². The summed E-state index contributed by atoms with van der Waals surface area (Å²) in [6, 6.07) is 12.9. The van der Waals surface area contributed by atoms with Gasteiger partial charge in [-0.25, -0.2) is 9.97 Å². The van der Waals surface area contributed by atoms with Crippen molar-refractivity contribution in [1.29, 1.82) is 0 Å². The number of anilines is 2. The number of carbonyl (C=O) groups is 1. The average molecular weight is 485 g/mol. The van der Waals surface area contributed by atoms with Gasteiger partial charge in [0.15, 0.2) is 0 Å². The Kier molecular flexibility index (Phi) is 7.84. The van der Waals surface area contributed by atoms with Crippen molar-refractivity contribution in [2.75, 3.05) is 11.9 Å². The second-order valence-electron chi connectivity index (χ2n) is 8.29. The lowest BCUT2D eigenvalue weighted by Gasteiger charge is -2.21. The molecule has 10 heteroatoms. The summed E-state index contributed by atoms with van der Waals surface area (Å²) in [5.74, 6) is -0.619. The van der Waals surface area contributed by atoms with Gasteiger partial charge in [0.25, 0.3) is 0 Å². The minimum Gasteiger partial charge on any atom is -0.435 e. The fourth-order valence-corrected chi connectivity index (χ4v) is 4.03. The molecule has 1 saturated carbocycles. The van der Waals surface area contributed by atoms with Gasteiger partial charge in [-0.2, -0.15) is 8.78 Å². The smallest absolute Gasteiger partial charge is 0.387 e. The Balaban J connectivity index is 1.36. The molecule has 0 radical (unpaired) electrons. The third-order valence-corrected chi connectivity index (χ3v) is 5.94. The zero-order chi connectivity index (χ0) is 24.8. The molecule has 1 unspecified atom stereocenters. The molecule has 0 aliphatic heterocycles. The fraction of sp³-hybridized carbons (Fsp3) is 0.320. The lowest BCUT2D eigenvalue weighted by atomic mass is 9.98. The van der Waals surface area contributed by atoms with Gasteiger partial charge in [-0.05, 0) is 54.7 Å². The van der Waals surface area contributed by atoms with Crippen molar-refractivity contribution in [3.05, 3.63) is 66.5 Å². The fourth-order valence-electron chi connectivity index (χ4n) is 4.03. The van der Waals surface area contributed by atoms with Crippen LogP contribution in [0.25, 0.3) is 11.1 Å². The van der Waals surface area contributed by atoms with Crippen molar-refractivity contribution in [2.24, 2.45) is 0 Å². The summed E-state index contributed by atoms with van der Waals surface area (Å²) in [5.41, 5.74) is 2.80. The predicted molar refractivity (Wildman–Crippen MR) is 125 cm³/mol. The second-order valence-corrected chi connectivity index (χ2v) is 8.29. The van der Waals surface area contributed by atoms with E-state index in [0.29, 0.717) is 29.2 Å². The van der Waals surface area contributed by atoms with Crippen LogP contribution >= 0.6 is 0 Å². The molecule has 3 aromatic rings. The molecule has 0 spiro atoms. The minimum atomic E-state index is -2.87. The maximum Gasteiger partial charge on any atom is 0.387 e. The Labute approximate surface area is 201 Å². The summed E-state index contributed by atoms with van der Waals surface area (Å²) >= 11 is 0. The number of hydrogen-bond donors (Lipinski definition) is 4. The average Bonchev–Trinajstić information content (AvgIpc) is 3.25. The molecule has 35 heavy (non-hydrogen) atoms. The highest BCUT2D eigenvalue weighted by atomic mass is 19.3. The molecule has 1 aromatic heterocycles. The Hall–Kier alpha value is -3.63. The van der Waals surface area contributed by atoms with E-state index in [1.54, 1.807) is 48.8 Å². The van der Waals surface area contributed by atoms with E-state index in [2.05, 4.69) is 25.3 Å². The number of halogens is 2. The lowest BCUT2D eigenvalue weighted by Crippen LogP contribution is -2.43. The van der Waals surface area contributed by atoms with E-state index in [1.165, 1.54) is 12.1 Å². The van der Waals surface area contributed by atoms with Crippen LogP contribution in [0.3, 0.4) is 0 Å². The molecule has 8 nitrogen and oxygen atoms in total. The number of amides is 1. The first-order chi connectivity index (χ1) is 16.9. The van der Waals surface area contributed by atoms with E-state index >= 15 is 0 Å². The van der Waals surface area contributed by atoms with Gasteiger partial charge in [0.05, 0.1) is 24.7 Å². The van der Waals surface area contributed by atoms with Crippen LogP contribution in [0.1, 0.15) is 30.7 Å². The van der Waals surface area contributed by atoms with Crippen molar-refractivity contribution in [2.45, 2.75) is 43.9 Å². The highest BCUT2D eigenvalue weighted by molar-refractivity contribution is 5.84. The molecule has 4 rings (SSSR count). The molecular weight excluding hydrogens is 458 g/mol. The molecule has 0 saturated heterocycles. The van der Waals surface area contributed by atoms with Crippen LogP contribution in [0.4, 0.5) is 20.4 Å². The molecule has 2 aromatic carbocycles. The molecule has 184 valence electrons. The van der Waals surface area contributed by atoms with Gasteiger partial charge in [-0.1, -0.05) is 24.3 Å². The monoisotopic (exact) mass is 484 g/mol. The molecule has 3 atom stereocenters. The number of aromatic nitrogens is 2. The third-order valence-electron chi connectivity index (χ3n) is 5.94. The first-order valence-electron chi connectivity index (χ1n) is 11.3. The van der Waals surface area contributed by atoms with Gasteiger partial charge >= 0.3 is 6.61 Å². The number of ether oxygens (including phenoxy) is 1. The summed E-state index contributed by atoms with van der Waals surface area (Å²) in [5, 5.41) is 25.6. The van der Waals surface area contributed by atoms with Crippen molar-refractivity contribution in [3.8, 4) is 16.9 Å². The Morgan fingerprint density at radius 1 is 1.03 bits per heavy atom. The maximum atomic E-state index is 12.6. The summed E-state index contributed by atoms with van der Waals surface area (Å²) in [6.45, 7) is -3.22. The van der Waals surface area contributed by atoms with Gasteiger partial charge in [-0.3, -0.25) is 4.79 Å². The lowest BCUT2D eigenvalue weighted by molar-refractivity contribution is -0.124. The zero-order valence-electron chi connectivity index (χ0n) is 18.8. The van der Waals surface area contributed by atoms with E-state index in [4.69, 9.17) is 0 Å². The van der Waals surface area contributed by atoms with Crippen molar-refractivity contribution in [1.82, 2.24) is 15.3 Å². The molecule has 1 amide bonds. The number of aliphatic hydroxyl groups excluding tert-OH is 2. The molecule has 1 aliphatic carbocycles.